The maximum Gasteiger partial charge on any atom is 0.219 e. The second-order valence-corrected chi connectivity index (χ2v) is 4.81. The first-order valence-corrected chi connectivity index (χ1v) is 7.17. The zero-order chi connectivity index (χ0) is 14.4. The van der Waals surface area contributed by atoms with Crippen molar-refractivity contribution in [2.24, 2.45) is 0 Å². The summed E-state index contributed by atoms with van der Waals surface area (Å²) in [7, 11) is 0. The highest BCUT2D eigenvalue weighted by Crippen LogP contribution is 2.22. The Balaban J connectivity index is 2.07. The average Bonchev–Trinajstić information content (AvgIpc) is 2.87. The molecule has 2 heterocycles. The van der Waals surface area contributed by atoms with E-state index in [0.29, 0.717) is 23.2 Å². The first-order chi connectivity index (χ1) is 9.72. The molecular weight excluding hydrogens is 276 g/mol. The fourth-order valence-corrected chi connectivity index (χ4v) is 1.93. The molecule has 5 nitrogen and oxygen atoms in total. The van der Waals surface area contributed by atoms with Crippen LogP contribution in [0.15, 0.2) is 24.5 Å². The molecule has 0 bridgehead atoms. The third kappa shape index (κ3) is 3.95. The third-order valence-corrected chi connectivity index (χ3v) is 3.06. The highest BCUT2D eigenvalue weighted by Gasteiger charge is 2.06. The van der Waals surface area contributed by atoms with E-state index in [1.807, 2.05) is 17.8 Å². The van der Waals surface area contributed by atoms with Gasteiger partial charge in [-0.05, 0) is 19.0 Å². The fraction of sp³-hybridized carbons (Fsp3) is 0.429. The Morgan fingerprint density at radius 3 is 2.95 bits per heavy atom. The normalized spacial score (nSPS) is 10.8. The molecule has 0 saturated heterocycles. The van der Waals surface area contributed by atoms with Gasteiger partial charge >= 0.3 is 0 Å². The van der Waals surface area contributed by atoms with Crippen molar-refractivity contribution in [2.75, 3.05) is 6.54 Å². The number of rotatable bonds is 7. The van der Waals surface area contributed by atoms with Crippen LogP contribution in [-0.2, 0) is 13.1 Å². The summed E-state index contributed by atoms with van der Waals surface area (Å²) in [6.45, 7) is 6.52. The molecule has 0 aliphatic carbocycles. The van der Waals surface area contributed by atoms with Crippen LogP contribution in [0.25, 0.3) is 0 Å². The van der Waals surface area contributed by atoms with Gasteiger partial charge in [-0.1, -0.05) is 25.4 Å². The summed E-state index contributed by atoms with van der Waals surface area (Å²) in [6, 6.07) is 3.56. The minimum atomic E-state index is 0.526. The number of aromatic nitrogens is 3. The molecule has 0 unspecified atom stereocenters. The number of ether oxygens (including phenoxy) is 1. The topological polar surface area (TPSA) is 52.0 Å². The van der Waals surface area contributed by atoms with Crippen LogP contribution in [0, 0.1) is 0 Å². The summed E-state index contributed by atoms with van der Waals surface area (Å²) in [5.74, 6) is 1.21. The second kappa shape index (κ2) is 7.26. The van der Waals surface area contributed by atoms with E-state index in [0.717, 1.165) is 25.2 Å². The van der Waals surface area contributed by atoms with Crippen LogP contribution in [0.4, 0.5) is 0 Å². The number of pyridine rings is 1. The van der Waals surface area contributed by atoms with Gasteiger partial charge in [0.15, 0.2) is 5.75 Å². The summed E-state index contributed by atoms with van der Waals surface area (Å²) in [5, 5.41) is 8.05. The van der Waals surface area contributed by atoms with Crippen molar-refractivity contribution >= 4 is 11.6 Å². The predicted molar refractivity (Wildman–Crippen MR) is 79.2 cm³/mol. The standard InChI is InChI=1S/C14H19ClN4O/c1-3-7-19-10-11(8-17-19)20-14-6-5-12(15)13(18-14)9-16-4-2/h5-6,8,10,16H,3-4,7,9H2,1-2H3. The molecule has 0 fully saturated rings. The maximum absolute atomic E-state index is 6.11. The van der Waals surface area contributed by atoms with Crippen molar-refractivity contribution in [3.05, 3.63) is 35.2 Å². The van der Waals surface area contributed by atoms with E-state index < -0.39 is 0 Å². The van der Waals surface area contributed by atoms with Crippen LogP contribution >= 0.6 is 11.6 Å². The van der Waals surface area contributed by atoms with Gasteiger partial charge in [0, 0.05) is 19.2 Å². The highest BCUT2D eigenvalue weighted by molar-refractivity contribution is 6.31. The van der Waals surface area contributed by atoms with Crippen molar-refractivity contribution in [1.82, 2.24) is 20.1 Å². The molecule has 0 aliphatic rings. The van der Waals surface area contributed by atoms with Gasteiger partial charge in [-0.15, -0.1) is 0 Å². The predicted octanol–water partition coefficient (Wildman–Crippen LogP) is 3.24. The van der Waals surface area contributed by atoms with Gasteiger partial charge in [0.05, 0.1) is 23.1 Å². The minimum Gasteiger partial charge on any atom is -0.436 e. The Labute approximate surface area is 123 Å². The summed E-state index contributed by atoms with van der Waals surface area (Å²) < 4.78 is 7.55. The Bertz CT molecular complexity index is 556. The van der Waals surface area contributed by atoms with Gasteiger partial charge < -0.3 is 10.1 Å². The molecule has 1 N–H and O–H groups in total. The summed E-state index contributed by atoms with van der Waals surface area (Å²) >= 11 is 6.11. The first kappa shape index (κ1) is 14.8. The Hall–Kier alpha value is -1.59. The minimum absolute atomic E-state index is 0.526. The monoisotopic (exact) mass is 294 g/mol. The van der Waals surface area contributed by atoms with E-state index in [-0.39, 0.29) is 0 Å². The number of halogens is 1. The van der Waals surface area contributed by atoms with Crippen LogP contribution < -0.4 is 10.1 Å². The van der Waals surface area contributed by atoms with Crippen LogP contribution in [-0.4, -0.2) is 21.3 Å². The molecule has 2 rings (SSSR count). The molecule has 2 aromatic heterocycles. The van der Waals surface area contributed by atoms with Crippen LogP contribution in [0.3, 0.4) is 0 Å². The van der Waals surface area contributed by atoms with Crippen molar-refractivity contribution in [3.63, 3.8) is 0 Å². The van der Waals surface area contributed by atoms with Crippen molar-refractivity contribution in [2.45, 2.75) is 33.4 Å². The number of hydrogen-bond donors (Lipinski definition) is 1. The molecule has 2 aromatic rings. The fourth-order valence-electron chi connectivity index (χ4n) is 1.76. The van der Waals surface area contributed by atoms with E-state index in [4.69, 9.17) is 16.3 Å². The van der Waals surface area contributed by atoms with Crippen LogP contribution in [0.1, 0.15) is 26.0 Å². The van der Waals surface area contributed by atoms with Crippen LogP contribution in [0.5, 0.6) is 11.6 Å². The zero-order valence-corrected chi connectivity index (χ0v) is 12.5. The van der Waals surface area contributed by atoms with Crippen molar-refractivity contribution < 1.29 is 4.74 Å². The number of nitrogens with zero attached hydrogens (tertiary/aromatic N) is 3. The molecule has 0 aliphatic heterocycles. The molecule has 0 aromatic carbocycles. The molecule has 0 saturated carbocycles. The van der Waals surface area contributed by atoms with Gasteiger partial charge in [-0.2, -0.15) is 5.10 Å². The van der Waals surface area contributed by atoms with Gasteiger partial charge in [0.1, 0.15) is 0 Å². The number of aryl methyl sites for hydroxylation is 1. The van der Waals surface area contributed by atoms with Crippen LogP contribution in [0.2, 0.25) is 5.02 Å². The molecule has 0 spiro atoms. The van der Waals surface area contributed by atoms with E-state index in [2.05, 4.69) is 22.3 Å². The molecule has 20 heavy (non-hydrogen) atoms. The summed E-state index contributed by atoms with van der Waals surface area (Å²) in [5.41, 5.74) is 0.784. The number of nitrogens with one attached hydrogen (secondary N) is 1. The third-order valence-electron chi connectivity index (χ3n) is 2.72. The Kier molecular flexibility index (Phi) is 5.38. The maximum atomic E-state index is 6.11. The largest absolute Gasteiger partial charge is 0.436 e. The van der Waals surface area contributed by atoms with Crippen molar-refractivity contribution in [1.29, 1.82) is 0 Å². The average molecular weight is 295 g/mol. The lowest BCUT2D eigenvalue weighted by Gasteiger charge is -2.07. The van der Waals surface area contributed by atoms with E-state index in [9.17, 15) is 0 Å². The van der Waals surface area contributed by atoms with E-state index >= 15 is 0 Å². The first-order valence-electron chi connectivity index (χ1n) is 6.79. The molecule has 0 radical (unpaired) electrons. The van der Waals surface area contributed by atoms with E-state index in [1.54, 1.807) is 18.3 Å². The van der Waals surface area contributed by atoms with E-state index in [1.165, 1.54) is 0 Å². The molecular formula is C14H19ClN4O. The smallest absolute Gasteiger partial charge is 0.219 e. The number of hydrogen-bond acceptors (Lipinski definition) is 4. The lowest BCUT2D eigenvalue weighted by Crippen LogP contribution is -2.13. The molecule has 108 valence electrons. The zero-order valence-electron chi connectivity index (χ0n) is 11.8. The van der Waals surface area contributed by atoms with Gasteiger partial charge in [-0.3, -0.25) is 4.68 Å². The molecule has 0 atom stereocenters. The van der Waals surface area contributed by atoms with Gasteiger partial charge in [0.25, 0.3) is 0 Å². The molecule has 0 amide bonds. The van der Waals surface area contributed by atoms with Gasteiger partial charge in [0.2, 0.25) is 5.88 Å². The lowest BCUT2D eigenvalue weighted by atomic mass is 10.3. The lowest BCUT2D eigenvalue weighted by molar-refractivity contribution is 0.458. The summed E-state index contributed by atoms with van der Waals surface area (Å²) in [6.07, 6.45) is 4.59. The van der Waals surface area contributed by atoms with Crippen molar-refractivity contribution in [3.8, 4) is 11.6 Å². The Morgan fingerprint density at radius 2 is 2.20 bits per heavy atom. The summed E-state index contributed by atoms with van der Waals surface area (Å²) in [4.78, 5) is 4.41. The molecule has 6 heteroatoms. The Morgan fingerprint density at radius 1 is 1.35 bits per heavy atom. The van der Waals surface area contributed by atoms with Gasteiger partial charge in [-0.25, -0.2) is 4.98 Å². The quantitative estimate of drug-likeness (QED) is 0.852. The second-order valence-electron chi connectivity index (χ2n) is 4.40. The SMILES string of the molecule is CCCn1cc(Oc2ccc(Cl)c(CNCC)n2)cn1. The highest BCUT2D eigenvalue weighted by atomic mass is 35.5.